The number of ether oxygens (including phenoxy) is 1. The van der Waals surface area contributed by atoms with Crippen molar-refractivity contribution < 1.29 is 4.74 Å². The van der Waals surface area contributed by atoms with Crippen molar-refractivity contribution in [1.29, 1.82) is 0 Å². The Kier molecular flexibility index (Phi) is 3.76. The van der Waals surface area contributed by atoms with Gasteiger partial charge in [0.2, 0.25) is 5.88 Å². The van der Waals surface area contributed by atoms with E-state index in [1.807, 2.05) is 0 Å². The van der Waals surface area contributed by atoms with Crippen LogP contribution in [0.4, 0.5) is 5.69 Å². The van der Waals surface area contributed by atoms with Gasteiger partial charge >= 0.3 is 0 Å². The Balaban J connectivity index is 2.31. The van der Waals surface area contributed by atoms with Crippen LogP contribution in [0.1, 0.15) is 0 Å². The van der Waals surface area contributed by atoms with Crippen LogP contribution in [0.2, 0.25) is 10.0 Å². The molecule has 0 saturated heterocycles. The van der Waals surface area contributed by atoms with E-state index in [1.165, 1.54) is 0 Å². The molecule has 0 bridgehead atoms. The van der Waals surface area contributed by atoms with Crippen LogP contribution in [-0.2, 0) is 0 Å². The van der Waals surface area contributed by atoms with E-state index in [2.05, 4.69) is 20.9 Å². The zero-order chi connectivity index (χ0) is 12.4. The van der Waals surface area contributed by atoms with Gasteiger partial charge < -0.3 is 10.5 Å². The molecule has 2 rings (SSSR count). The summed E-state index contributed by atoms with van der Waals surface area (Å²) in [5, 5.41) is 0.978. The minimum atomic E-state index is 0.312. The third kappa shape index (κ3) is 3.25. The second kappa shape index (κ2) is 5.12. The van der Waals surface area contributed by atoms with Crippen molar-refractivity contribution >= 4 is 44.8 Å². The molecule has 0 unspecified atom stereocenters. The number of nitrogens with zero attached hydrogens (tertiary/aromatic N) is 1. The summed E-state index contributed by atoms with van der Waals surface area (Å²) in [6, 6.07) is 6.59. The topological polar surface area (TPSA) is 48.1 Å². The van der Waals surface area contributed by atoms with Crippen LogP contribution in [0.15, 0.2) is 34.9 Å². The minimum absolute atomic E-state index is 0.312. The molecule has 0 aliphatic carbocycles. The molecule has 0 amide bonds. The fourth-order valence-electron chi connectivity index (χ4n) is 1.23. The van der Waals surface area contributed by atoms with Gasteiger partial charge in [-0.3, -0.25) is 0 Å². The standard InChI is InChI=1S/C11H7BrCl2N2O/c12-6-1-10(15)11(16-5-6)17-9-3-7(13)2-8(14)4-9/h1-5H,15H2. The highest BCUT2D eigenvalue weighted by Crippen LogP contribution is 2.30. The number of nitrogens with two attached hydrogens (primary N) is 1. The summed E-state index contributed by atoms with van der Waals surface area (Å²) in [6.45, 7) is 0. The Labute approximate surface area is 117 Å². The largest absolute Gasteiger partial charge is 0.437 e. The van der Waals surface area contributed by atoms with E-state index in [0.29, 0.717) is 27.4 Å². The molecule has 3 nitrogen and oxygen atoms in total. The van der Waals surface area contributed by atoms with E-state index in [4.69, 9.17) is 33.7 Å². The third-order valence-corrected chi connectivity index (χ3v) is 2.77. The highest BCUT2D eigenvalue weighted by atomic mass is 79.9. The molecule has 88 valence electrons. The molecule has 2 N–H and O–H groups in total. The van der Waals surface area contributed by atoms with Gasteiger partial charge in [0, 0.05) is 20.7 Å². The van der Waals surface area contributed by atoms with Crippen LogP contribution in [0, 0.1) is 0 Å². The summed E-state index contributed by atoms with van der Waals surface area (Å²) < 4.78 is 6.28. The van der Waals surface area contributed by atoms with Crippen LogP contribution < -0.4 is 10.5 Å². The molecule has 0 aliphatic heterocycles. The number of nitrogen functional groups attached to an aromatic ring is 1. The predicted octanol–water partition coefficient (Wildman–Crippen LogP) is 4.53. The lowest BCUT2D eigenvalue weighted by atomic mass is 10.3. The lowest BCUT2D eigenvalue weighted by molar-refractivity contribution is 0.465. The van der Waals surface area contributed by atoms with Gasteiger partial charge in [-0.2, -0.15) is 0 Å². The molecule has 1 heterocycles. The van der Waals surface area contributed by atoms with Gasteiger partial charge in [0.25, 0.3) is 0 Å². The molecule has 2 aromatic rings. The summed E-state index contributed by atoms with van der Waals surface area (Å²) in [6.07, 6.45) is 1.60. The fraction of sp³-hybridized carbons (Fsp3) is 0. The van der Waals surface area contributed by atoms with Crippen molar-refractivity contribution in [1.82, 2.24) is 4.98 Å². The SMILES string of the molecule is Nc1cc(Br)cnc1Oc1cc(Cl)cc(Cl)c1. The number of halogens is 3. The second-order valence-corrected chi connectivity index (χ2v) is 5.04. The maximum Gasteiger partial charge on any atom is 0.242 e. The number of pyridine rings is 1. The van der Waals surface area contributed by atoms with Crippen molar-refractivity contribution in [3.63, 3.8) is 0 Å². The summed E-state index contributed by atoms with van der Waals surface area (Å²) in [5.74, 6) is 0.801. The first-order valence-corrected chi connectivity index (χ1v) is 6.14. The molecule has 17 heavy (non-hydrogen) atoms. The van der Waals surface area contributed by atoms with Crippen LogP contribution in [-0.4, -0.2) is 4.98 Å². The van der Waals surface area contributed by atoms with Crippen molar-refractivity contribution in [2.45, 2.75) is 0 Å². The van der Waals surface area contributed by atoms with Gasteiger partial charge in [-0.05, 0) is 40.2 Å². The molecule has 0 radical (unpaired) electrons. The predicted molar refractivity (Wildman–Crippen MR) is 72.9 cm³/mol. The van der Waals surface area contributed by atoms with Crippen LogP contribution in [0.25, 0.3) is 0 Å². The van der Waals surface area contributed by atoms with E-state index >= 15 is 0 Å². The maximum atomic E-state index is 5.86. The molecule has 6 heteroatoms. The number of aromatic nitrogens is 1. The Morgan fingerprint density at radius 3 is 2.35 bits per heavy atom. The number of hydrogen-bond acceptors (Lipinski definition) is 3. The molecule has 0 spiro atoms. The van der Waals surface area contributed by atoms with Gasteiger partial charge in [0.1, 0.15) is 5.75 Å². The molecular formula is C11H7BrCl2N2O. The molecule has 0 atom stereocenters. The lowest BCUT2D eigenvalue weighted by Gasteiger charge is -2.08. The molecule has 0 saturated carbocycles. The van der Waals surface area contributed by atoms with Crippen molar-refractivity contribution in [3.8, 4) is 11.6 Å². The summed E-state index contributed by atoms with van der Waals surface area (Å²) in [5.41, 5.74) is 6.19. The van der Waals surface area contributed by atoms with E-state index in [9.17, 15) is 0 Å². The average Bonchev–Trinajstić information content (AvgIpc) is 2.21. The first-order valence-electron chi connectivity index (χ1n) is 4.59. The average molecular weight is 334 g/mol. The van der Waals surface area contributed by atoms with Crippen molar-refractivity contribution in [3.05, 3.63) is 45.0 Å². The highest BCUT2D eigenvalue weighted by Gasteiger charge is 2.06. The first kappa shape index (κ1) is 12.5. The van der Waals surface area contributed by atoms with Crippen LogP contribution >= 0.6 is 39.1 Å². The van der Waals surface area contributed by atoms with Crippen LogP contribution in [0.5, 0.6) is 11.6 Å². The lowest BCUT2D eigenvalue weighted by Crippen LogP contribution is -1.94. The number of anilines is 1. The van der Waals surface area contributed by atoms with Crippen molar-refractivity contribution in [2.75, 3.05) is 5.73 Å². The molecule has 0 aliphatic rings. The van der Waals surface area contributed by atoms with E-state index < -0.39 is 0 Å². The van der Waals surface area contributed by atoms with Gasteiger partial charge in [-0.25, -0.2) is 4.98 Å². The summed E-state index contributed by atoms with van der Waals surface area (Å²) >= 11 is 15.0. The Morgan fingerprint density at radius 1 is 1.12 bits per heavy atom. The molecule has 0 fully saturated rings. The smallest absolute Gasteiger partial charge is 0.242 e. The Bertz CT molecular complexity index is 543. The Hall–Kier alpha value is -0.970. The summed E-state index contributed by atoms with van der Waals surface area (Å²) in [4.78, 5) is 4.05. The zero-order valence-corrected chi connectivity index (χ0v) is 11.6. The number of hydrogen-bond donors (Lipinski definition) is 1. The molecular weight excluding hydrogens is 327 g/mol. The van der Waals surface area contributed by atoms with E-state index in [0.717, 1.165) is 4.47 Å². The third-order valence-electron chi connectivity index (χ3n) is 1.90. The van der Waals surface area contributed by atoms with E-state index in [-0.39, 0.29) is 0 Å². The minimum Gasteiger partial charge on any atom is -0.437 e. The van der Waals surface area contributed by atoms with Gasteiger partial charge in [-0.1, -0.05) is 23.2 Å². The Morgan fingerprint density at radius 2 is 1.76 bits per heavy atom. The number of rotatable bonds is 2. The highest BCUT2D eigenvalue weighted by molar-refractivity contribution is 9.10. The second-order valence-electron chi connectivity index (χ2n) is 3.26. The van der Waals surface area contributed by atoms with Crippen LogP contribution in [0.3, 0.4) is 0 Å². The van der Waals surface area contributed by atoms with Crippen molar-refractivity contribution in [2.24, 2.45) is 0 Å². The van der Waals surface area contributed by atoms with E-state index in [1.54, 1.807) is 30.5 Å². The quantitative estimate of drug-likeness (QED) is 0.878. The van der Waals surface area contributed by atoms with Gasteiger partial charge in [0.05, 0.1) is 5.69 Å². The molecule has 1 aromatic heterocycles. The maximum absolute atomic E-state index is 5.86. The first-order chi connectivity index (χ1) is 8.04. The van der Waals surface area contributed by atoms with Gasteiger partial charge in [-0.15, -0.1) is 0 Å². The fourth-order valence-corrected chi connectivity index (χ4v) is 2.08. The monoisotopic (exact) mass is 332 g/mol. The molecule has 1 aromatic carbocycles. The normalized spacial score (nSPS) is 10.3. The summed E-state index contributed by atoms with van der Waals surface area (Å²) in [7, 11) is 0. The zero-order valence-electron chi connectivity index (χ0n) is 8.45. The van der Waals surface area contributed by atoms with Gasteiger partial charge in [0.15, 0.2) is 0 Å². The number of benzene rings is 1.